The maximum Gasteiger partial charge on any atom is 0.257 e. The topological polar surface area (TPSA) is 74.5 Å². The van der Waals surface area contributed by atoms with Crippen LogP contribution in [0.1, 0.15) is 21.7 Å². The number of carbonyl (C=O) groups excluding carboxylic acids is 1. The van der Waals surface area contributed by atoms with Gasteiger partial charge in [0, 0.05) is 20.4 Å². The fourth-order valence-electron chi connectivity index (χ4n) is 2.59. The molecular formula is C20H17IN2O3S. The largest absolute Gasteiger partial charge is 0.459 e. The third-order valence-electron chi connectivity index (χ3n) is 3.88. The van der Waals surface area contributed by atoms with Gasteiger partial charge in [-0.2, -0.15) is 0 Å². The molecule has 5 nitrogen and oxygen atoms in total. The van der Waals surface area contributed by atoms with Gasteiger partial charge in [-0.15, -0.1) is 0 Å². The second kappa shape index (κ2) is 8.64. The predicted octanol–water partition coefficient (Wildman–Crippen LogP) is 4.48. The lowest BCUT2D eigenvalue weighted by atomic mass is 10.1. The van der Waals surface area contributed by atoms with Crippen LogP contribution in [0.25, 0.3) is 11.3 Å². The number of halogens is 1. The molecule has 138 valence electrons. The van der Waals surface area contributed by atoms with E-state index in [1.807, 2.05) is 43.3 Å². The minimum absolute atomic E-state index is 0.132. The lowest BCUT2D eigenvalue weighted by Crippen LogP contribution is -2.34. The summed E-state index contributed by atoms with van der Waals surface area (Å²) in [5.74, 6) is 0.954. The normalized spacial score (nSPS) is 10.5. The predicted molar refractivity (Wildman–Crippen MR) is 118 cm³/mol. The highest BCUT2D eigenvalue weighted by Crippen LogP contribution is 2.27. The van der Waals surface area contributed by atoms with Crippen molar-refractivity contribution in [3.8, 4) is 11.3 Å². The number of aryl methyl sites for hydroxylation is 1. The summed E-state index contributed by atoms with van der Waals surface area (Å²) < 4.78 is 6.56. The summed E-state index contributed by atoms with van der Waals surface area (Å²) >= 11 is 7.40. The van der Waals surface area contributed by atoms with Gasteiger partial charge >= 0.3 is 0 Å². The van der Waals surface area contributed by atoms with Crippen molar-refractivity contribution in [1.29, 1.82) is 0 Å². The Morgan fingerprint density at radius 3 is 2.67 bits per heavy atom. The Labute approximate surface area is 175 Å². The van der Waals surface area contributed by atoms with E-state index in [0.29, 0.717) is 17.1 Å². The van der Waals surface area contributed by atoms with Crippen LogP contribution in [-0.4, -0.2) is 16.1 Å². The van der Waals surface area contributed by atoms with Crippen LogP contribution >= 0.6 is 34.8 Å². The van der Waals surface area contributed by atoms with Crippen molar-refractivity contribution in [1.82, 2.24) is 5.32 Å². The van der Waals surface area contributed by atoms with Gasteiger partial charge in [0.05, 0.1) is 0 Å². The second-order valence-electron chi connectivity index (χ2n) is 5.87. The number of amides is 1. The van der Waals surface area contributed by atoms with Crippen molar-refractivity contribution >= 4 is 51.5 Å². The highest BCUT2D eigenvalue weighted by Gasteiger charge is 2.11. The van der Waals surface area contributed by atoms with Gasteiger partial charge in [-0.25, -0.2) is 0 Å². The molecule has 0 aliphatic heterocycles. The molecule has 3 rings (SSSR count). The number of thiocarbonyl (C=S) groups is 1. The average molecular weight is 492 g/mol. The van der Waals surface area contributed by atoms with E-state index in [-0.39, 0.29) is 17.6 Å². The fourth-order valence-corrected chi connectivity index (χ4v) is 3.35. The number of rotatable bonds is 4. The molecule has 0 saturated heterocycles. The van der Waals surface area contributed by atoms with Gasteiger partial charge in [0.2, 0.25) is 0 Å². The fraction of sp³-hybridized carbons (Fsp3) is 0.100. The number of hydrogen-bond acceptors (Lipinski definition) is 4. The Morgan fingerprint density at radius 1 is 1.19 bits per heavy atom. The molecule has 3 aromatic rings. The van der Waals surface area contributed by atoms with Gasteiger partial charge in [-0.1, -0.05) is 6.07 Å². The zero-order chi connectivity index (χ0) is 19.4. The Bertz CT molecular complexity index is 1000. The Hall–Kier alpha value is -2.23. The van der Waals surface area contributed by atoms with E-state index in [1.54, 1.807) is 18.2 Å². The van der Waals surface area contributed by atoms with Crippen LogP contribution in [0.2, 0.25) is 0 Å². The van der Waals surface area contributed by atoms with E-state index in [4.69, 9.17) is 21.7 Å². The van der Waals surface area contributed by atoms with Crippen LogP contribution in [0.4, 0.5) is 5.69 Å². The smallest absolute Gasteiger partial charge is 0.257 e. The molecule has 1 amide bonds. The molecule has 0 aliphatic rings. The van der Waals surface area contributed by atoms with Gasteiger partial charge in [-0.05, 0) is 95.8 Å². The number of carbonyl (C=O) groups is 1. The highest BCUT2D eigenvalue weighted by atomic mass is 127. The SMILES string of the molecule is Cc1cc(NC(=S)NC(=O)c2cccc(I)c2)ccc1-c1ccc(CO)o1. The zero-order valence-electron chi connectivity index (χ0n) is 14.5. The maximum absolute atomic E-state index is 12.3. The zero-order valence-corrected chi connectivity index (χ0v) is 17.4. The monoisotopic (exact) mass is 492 g/mol. The maximum atomic E-state index is 12.3. The van der Waals surface area contributed by atoms with Crippen molar-refractivity contribution in [3.05, 3.63) is 75.1 Å². The first kappa shape index (κ1) is 19.5. The van der Waals surface area contributed by atoms with Gasteiger partial charge < -0.3 is 14.8 Å². The van der Waals surface area contributed by atoms with E-state index in [9.17, 15) is 4.79 Å². The van der Waals surface area contributed by atoms with Crippen LogP contribution in [0.15, 0.2) is 59.0 Å². The van der Waals surface area contributed by atoms with Crippen LogP contribution in [0, 0.1) is 10.5 Å². The molecule has 1 heterocycles. The third kappa shape index (κ3) is 4.94. The number of hydrogen-bond donors (Lipinski definition) is 3. The van der Waals surface area contributed by atoms with E-state index < -0.39 is 0 Å². The van der Waals surface area contributed by atoms with Crippen LogP contribution in [0.3, 0.4) is 0 Å². The number of furan rings is 1. The Kier molecular flexibility index (Phi) is 6.25. The number of aliphatic hydroxyl groups excluding tert-OH is 1. The molecule has 3 N–H and O–H groups in total. The molecule has 0 radical (unpaired) electrons. The summed E-state index contributed by atoms with van der Waals surface area (Å²) in [4.78, 5) is 12.3. The van der Waals surface area contributed by atoms with Gasteiger partial charge in [0.25, 0.3) is 5.91 Å². The minimum Gasteiger partial charge on any atom is -0.459 e. The molecule has 2 aromatic carbocycles. The molecule has 0 saturated carbocycles. The van der Waals surface area contributed by atoms with Crippen molar-refractivity contribution < 1.29 is 14.3 Å². The molecule has 0 bridgehead atoms. The van der Waals surface area contributed by atoms with Crippen LogP contribution in [-0.2, 0) is 6.61 Å². The average Bonchev–Trinajstić information content (AvgIpc) is 3.10. The first-order chi connectivity index (χ1) is 13.0. The van der Waals surface area contributed by atoms with Gasteiger partial charge in [-0.3, -0.25) is 10.1 Å². The van der Waals surface area contributed by atoms with E-state index in [2.05, 4.69) is 33.2 Å². The van der Waals surface area contributed by atoms with Crippen molar-refractivity contribution in [2.75, 3.05) is 5.32 Å². The molecule has 7 heteroatoms. The first-order valence-corrected chi connectivity index (χ1v) is 9.63. The summed E-state index contributed by atoms with van der Waals surface area (Å²) in [6, 6.07) is 16.5. The van der Waals surface area contributed by atoms with Crippen LogP contribution in [0.5, 0.6) is 0 Å². The van der Waals surface area contributed by atoms with Crippen molar-refractivity contribution in [3.63, 3.8) is 0 Å². The number of benzene rings is 2. The summed E-state index contributed by atoms with van der Waals surface area (Å²) in [6.07, 6.45) is 0. The number of anilines is 1. The molecule has 0 aliphatic carbocycles. The molecule has 0 unspecified atom stereocenters. The van der Waals surface area contributed by atoms with Crippen LogP contribution < -0.4 is 10.6 Å². The van der Waals surface area contributed by atoms with E-state index in [1.165, 1.54) is 0 Å². The molecular weight excluding hydrogens is 475 g/mol. The van der Waals surface area contributed by atoms with Crippen molar-refractivity contribution in [2.24, 2.45) is 0 Å². The Balaban J connectivity index is 1.67. The van der Waals surface area contributed by atoms with Gasteiger partial charge in [0.15, 0.2) is 5.11 Å². The first-order valence-electron chi connectivity index (χ1n) is 8.15. The highest BCUT2D eigenvalue weighted by molar-refractivity contribution is 14.1. The summed E-state index contributed by atoms with van der Waals surface area (Å²) in [7, 11) is 0. The number of nitrogens with one attached hydrogen (secondary N) is 2. The van der Waals surface area contributed by atoms with E-state index in [0.717, 1.165) is 20.4 Å². The summed E-state index contributed by atoms with van der Waals surface area (Å²) in [5, 5.41) is 15.1. The number of aliphatic hydroxyl groups is 1. The third-order valence-corrected chi connectivity index (χ3v) is 4.76. The lowest BCUT2D eigenvalue weighted by Gasteiger charge is -2.12. The van der Waals surface area contributed by atoms with Crippen molar-refractivity contribution in [2.45, 2.75) is 13.5 Å². The Morgan fingerprint density at radius 2 is 2.00 bits per heavy atom. The van der Waals surface area contributed by atoms with Gasteiger partial charge in [0.1, 0.15) is 18.1 Å². The molecule has 0 spiro atoms. The summed E-state index contributed by atoms with van der Waals surface area (Å²) in [5.41, 5.74) is 3.22. The minimum atomic E-state index is -0.258. The molecule has 0 atom stereocenters. The van der Waals surface area contributed by atoms with E-state index >= 15 is 0 Å². The molecule has 0 fully saturated rings. The lowest BCUT2D eigenvalue weighted by molar-refractivity contribution is 0.0977. The summed E-state index contributed by atoms with van der Waals surface area (Å²) in [6.45, 7) is 1.82. The molecule has 27 heavy (non-hydrogen) atoms. The standard InChI is InChI=1S/C20H17IN2O3S/c1-12-9-15(5-7-17(12)18-8-6-16(11-24)26-18)22-20(27)23-19(25)13-3-2-4-14(21)10-13/h2-10,24H,11H2,1H3,(H2,22,23,25,27). The second-order valence-corrected chi connectivity index (χ2v) is 7.53. The molecule has 1 aromatic heterocycles. The quantitative estimate of drug-likeness (QED) is 0.370.